The molecule has 1 aliphatic heterocycles. The van der Waals surface area contributed by atoms with Crippen molar-refractivity contribution < 1.29 is 0 Å². The van der Waals surface area contributed by atoms with Gasteiger partial charge in [-0.05, 0) is 148 Å². The maximum Gasteiger partial charge on any atom is 0.182 e. The third-order valence-corrected chi connectivity index (χ3v) is 20.4. The number of aryl methyl sites for hydroxylation is 2. The van der Waals surface area contributed by atoms with Crippen molar-refractivity contribution in [3.8, 4) is 23.7 Å². The number of rotatable bonds is 12. The zero-order valence-corrected chi connectivity index (χ0v) is 45.6. The summed E-state index contributed by atoms with van der Waals surface area (Å²) in [4.78, 5) is 0. The Hall–Kier alpha value is -9.76. The second-order valence-electron chi connectivity index (χ2n) is 20.3. The van der Waals surface area contributed by atoms with Crippen LogP contribution >= 0.6 is 0 Å². The normalized spacial score (nSPS) is 13.0. The van der Waals surface area contributed by atoms with Gasteiger partial charge in [0.1, 0.15) is 0 Å². The molecule has 0 saturated carbocycles. The average Bonchev–Trinajstić information content (AvgIpc) is 3.20. The lowest BCUT2D eigenvalue weighted by atomic mass is 9.89. The van der Waals surface area contributed by atoms with Gasteiger partial charge in [0, 0.05) is 17.5 Å². The summed E-state index contributed by atoms with van der Waals surface area (Å²) in [6.07, 6.45) is 10.6. The Kier molecular flexibility index (Phi) is 14.5. The molecule has 374 valence electrons. The van der Waals surface area contributed by atoms with Gasteiger partial charge in [-0.15, -0.1) is 5.92 Å². The molecule has 12 rings (SSSR count). The fraction of sp³-hybridized carbons (Fsp3) is 0.0513. The lowest BCUT2D eigenvalue weighted by molar-refractivity contribution is 1.03. The molecular formula is C78H58Si. The van der Waals surface area contributed by atoms with Gasteiger partial charge in [0.2, 0.25) is 0 Å². The molecule has 0 nitrogen and oxygen atoms in total. The quantitative estimate of drug-likeness (QED) is 0.0495. The Morgan fingerprint density at radius 3 is 1.18 bits per heavy atom. The van der Waals surface area contributed by atoms with Gasteiger partial charge in [-0.2, -0.15) is 0 Å². The smallest absolute Gasteiger partial charge is 0.101 e. The van der Waals surface area contributed by atoms with Crippen LogP contribution in [0.5, 0.6) is 0 Å². The lowest BCUT2D eigenvalue weighted by Crippen LogP contribution is -2.59. The zero-order chi connectivity index (χ0) is 53.4. The first-order valence-corrected chi connectivity index (χ1v) is 29.4. The van der Waals surface area contributed by atoms with Crippen LogP contribution in [0.1, 0.15) is 80.1 Å². The third-order valence-electron chi connectivity index (χ3n) is 15.4. The van der Waals surface area contributed by atoms with Crippen LogP contribution in [0.15, 0.2) is 267 Å². The standard InChI is InChI=1S/C78H58Si/c1-3-22-58-45-51-65(52-46-58)77-75(63-25-8-4-9-26-63)76(64-27-10-5-11-28-64)78(79(77,67-29-12-6-13-30-67)68-31-14-7-15-32-68)66-53-47-60(48-54-66)24-17-16-23-59-41-43-62(44-42-59)50-56-74-71-35-20-18-33-69(71)73(70-34-19-21-36-72(70)74)55-49-61-39-37-57(2)38-40-61/h4-15,18-21,25-56H,17,24H2,1-2H3/b55-49+,56-50+. The van der Waals surface area contributed by atoms with Crippen LogP contribution in [0.25, 0.3) is 67.4 Å². The number of hydrogen-bond acceptors (Lipinski definition) is 0. The van der Waals surface area contributed by atoms with E-state index < -0.39 is 8.07 Å². The molecule has 11 aromatic rings. The number of hydrogen-bond donors (Lipinski definition) is 0. The summed E-state index contributed by atoms with van der Waals surface area (Å²) in [7, 11) is -3.11. The Bertz CT molecular complexity index is 4140. The Morgan fingerprint density at radius 1 is 0.354 bits per heavy atom. The predicted octanol–water partition coefficient (Wildman–Crippen LogP) is 17.9. The molecule has 0 aromatic heterocycles. The van der Waals surface area contributed by atoms with E-state index in [9.17, 15) is 0 Å². The van der Waals surface area contributed by atoms with Crippen molar-refractivity contribution >= 4 is 85.8 Å². The number of benzene rings is 11. The van der Waals surface area contributed by atoms with Crippen molar-refractivity contribution in [1.29, 1.82) is 0 Å². The Balaban J connectivity index is 0.856. The van der Waals surface area contributed by atoms with Gasteiger partial charge in [0.05, 0.1) is 0 Å². The summed E-state index contributed by atoms with van der Waals surface area (Å²) in [6, 6.07) is 98.1. The molecule has 1 aliphatic rings. The molecule has 0 N–H and O–H groups in total. The maximum atomic E-state index is 3.52. The minimum absolute atomic E-state index is 0.754. The third kappa shape index (κ3) is 10.1. The second kappa shape index (κ2) is 22.8. The fourth-order valence-electron chi connectivity index (χ4n) is 11.7. The van der Waals surface area contributed by atoms with Crippen LogP contribution < -0.4 is 10.4 Å². The van der Waals surface area contributed by atoms with E-state index in [4.69, 9.17) is 0 Å². The van der Waals surface area contributed by atoms with Crippen LogP contribution in [0.3, 0.4) is 0 Å². The van der Waals surface area contributed by atoms with Gasteiger partial charge >= 0.3 is 0 Å². The van der Waals surface area contributed by atoms with Crippen molar-refractivity contribution in [1.82, 2.24) is 0 Å². The van der Waals surface area contributed by atoms with E-state index in [2.05, 4.69) is 322 Å². The minimum atomic E-state index is -3.11. The van der Waals surface area contributed by atoms with Gasteiger partial charge in [0.25, 0.3) is 0 Å². The summed E-state index contributed by atoms with van der Waals surface area (Å²) in [5, 5.41) is 10.4. The van der Waals surface area contributed by atoms with Crippen LogP contribution in [-0.2, 0) is 6.42 Å². The highest BCUT2D eigenvalue weighted by atomic mass is 28.3. The molecule has 11 aromatic carbocycles. The predicted molar refractivity (Wildman–Crippen MR) is 342 cm³/mol. The summed E-state index contributed by atoms with van der Waals surface area (Å²) in [5.41, 5.74) is 16.8. The van der Waals surface area contributed by atoms with Crippen molar-refractivity contribution in [2.24, 2.45) is 0 Å². The molecule has 0 unspecified atom stereocenters. The van der Waals surface area contributed by atoms with E-state index in [-0.39, 0.29) is 0 Å². The monoisotopic (exact) mass is 1020 g/mol. The van der Waals surface area contributed by atoms with Gasteiger partial charge in [-0.3, -0.25) is 0 Å². The summed E-state index contributed by atoms with van der Waals surface area (Å²) >= 11 is 0. The van der Waals surface area contributed by atoms with Crippen LogP contribution in [-0.4, -0.2) is 8.07 Å². The second-order valence-corrected chi connectivity index (χ2v) is 23.9. The van der Waals surface area contributed by atoms with E-state index in [1.807, 2.05) is 6.92 Å². The first-order valence-electron chi connectivity index (χ1n) is 27.4. The van der Waals surface area contributed by atoms with Gasteiger partial charge in [-0.1, -0.05) is 290 Å². The molecule has 79 heavy (non-hydrogen) atoms. The zero-order valence-electron chi connectivity index (χ0n) is 44.6. The SMILES string of the molecule is CC#Cc1ccc(C2=C(c3ccccc3)C(c3ccccc3)=C(c3ccc(CCC#Cc4ccc(/C=C/c5c6ccccc6c(/C=C/c6ccc(C)cc6)c6ccccc56)cc4)cc3)[Si]2(c2ccccc2)c2ccccc2)cc1. The van der Waals surface area contributed by atoms with Crippen molar-refractivity contribution in [2.45, 2.75) is 26.7 Å². The molecule has 0 amide bonds. The first-order chi connectivity index (χ1) is 39.1. The highest BCUT2D eigenvalue weighted by Crippen LogP contribution is 2.55. The largest absolute Gasteiger partial charge is 0.182 e. The highest BCUT2D eigenvalue weighted by molar-refractivity contribution is 7.29. The number of allylic oxidation sites excluding steroid dienone is 2. The number of fused-ring (bicyclic) bond motifs is 2. The summed E-state index contributed by atoms with van der Waals surface area (Å²) < 4.78 is 0. The van der Waals surface area contributed by atoms with E-state index in [1.165, 1.54) is 104 Å². The maximum absolute atomic E-state index is 3.52. The molecule has 0 spiro atoms. The average molecular weight is 1020 g/mol. The van der Waals surface area contributed by atoms with E-state index >= 15 is 0 Å². The molecule has 0 bridgehead atoms. The molecule has 0 aliphatic carbocycles. The van der Waals surface area contributed by atoms with E-state index in [0.29, 0.717) is 0 Å². The van der Waals surface area contributed by atoms with Crippen molar-refractivity contribution in [2.75, 3.05) is 0 Å². The molecular weight excluding hydrogens is 965 g/mol. The molecule has 0 atom stereocenters. The minimum Gasteiger partial charge on any atom is -0.101 e. The van der Waals surface area contributed by atoms with Crippen LogP contribution in [0.2, 0.25) is 0 Å². The molecule has 0 fully saturated rings. The van der Waals surface area contributed by atoms with Crippen molar-refractivity contribution in [3.05, 3.63) is 334 Å². The van der Waals surface area contributed by atoms with E-state index in [1.54, 1.807) is 0 Å². The van der Waals surface area contributed by atoms with Crippen LogP contribution in [0, 0.1) is 30.6 Å². The Morgan fingerprint density at radius 2 is 0.734 bits per heavy atom. The van der Waals surface area contributed by atoms with Gasteiger partial charge < -0.3 is 0 Å². The lowest BCUT2D eigenvalue weighted by Gasteiger charge is -2.36. The topological polar surface area (TPSA) is 0 Å². The summed E-state index contributed by atoms with van der Waals surface area (Å²) in [5.74, 6) is 13.4. The van der Waals surface area contributed by atoms with Gasteiger partial charge in [-0.25, -0.2) is 0 Å². The van der Waals surface area contributed by atoms with Gasteiger partial charge in [0.15, 0.2) is 8.07 Å². The fourth-order valence-corrected chi connectivity index (χ4v) is 17.3. The molecule has 1 heteroatoms. The molecule has 0 radical (unpaired) electrons. The molecule has 0 saturated heterocycles. The summed E-state index contributed by atoms with van der Waals surface area (Å²) in [6.45, 7) is 4.03. The molecule has 1 heterocycles. The first kappa shape index (κ1) is 50.1. The van der Waals surface area contributed by atoms with Crippen molar-refractivity contribution in [3.63, 3.8) is 0 Å². The highest BCUT2D eigenvalue weighted by Gasteiger charge is 2.53. The van der Waals surface area contributed by atoms with E-state index in [0.717, 1.165) is 29.5 Å². The van der Waals surface area contributed by atoms with Crippen LogP contribution in [0.4, 0.5) is 0 Å². The Labute approximate surface area is 467 Å².